The fourth-order valence-electron chi connectivity index (χ4n) is 2.40. The zero-order valence-electron chi connectivity index (χ0n) is 13.9. The van der Waals surface area contributed by atoms with Gasteiger partial charge in [0.1, 0.15) is 0 Å². The van der Waals surface area contributed by atoms with Gasteiger partial charge in [-0.05, 0) is 46.1 Å². The molecule has 0 spiro atoms. The van der Waals surface area contributed by atoms with Gasteiger partial charge in [0.25, 0.3) is 0 Å². The second-order valence-electron chi connectivity index (χ2n) is 6.94. The van der Waals surface area contributed by atoms with Gasteiger partial charge in [-0.15, -0.1) is 0 Å². The largest absolute Gasteiger partial charge is 0.464 e. The van der Waals surface area contributed by atoms with Crippen LogP contribution in [0.3, 0.4) is 0 Å². The predicted octanol–water partition coefficient (Wildman–Crippen LogP) is 4.66. The van der Waals surface area contributed by atoms with Crippen LogP contribution in [0.25, 0.3) is 0 Å². The lowest BCUT2D eigenvalue weighted by molar-refractivity contribution is 0.00578. The highest BCUT2D eigenvalue weighted by Gasteiger charge is 2.52. The minimum absolute atomic E-state index is 0.150. The molecule has 0 radical (unpaired) electrons. The molecular formula is C18H27BO2. The van der Waals surface area contributed by atoms with Crippen molar-refractivity contribution in [2.45, 2.75) is 64.5 Å². The van der Waals surface area contributed by atoms with Crippen LogP contribution in [0.1, 0.15) is 46.6 Å². The molecule has 2 nitrogen and oxygen atoms in total. The molecule has 0 saturated carbocycles. The molecule has 0 bridgehead atoms. The average Bonchev–Trinajstić information content (AvgIpc) is 2.65. The van der Waals surface area contributed by atoms with E-state index in [2.05, 4.69) is 77.1 Å². The molecule has 114 valence electrons. The van der Waals surface area contributed by atoms with Crippen LogP contribution in [-0.2, 0) is 15.7 Å². The monoisotopic (exact) mass is 286 g/mol. The van der Waals surface area contributed by atoms with Crippen molar-refractivity contribution in [3.63, 3.8) is 0 Å². The summed E-state index contributed by atoms with van der Waals surface area (Å²) in [5.41, 5.74) is 0.888. The molecule has 1 aliphatic rings. The van der Waals surface area contributed by atoms with Crippen LogP contribution < -0.4 is 0 Å². The molecule has 2 rings (SSSR count). The van der Waals surface area contributed by atoms with Crippen molar-refractivity contribution in [1.29, 1.82) is 0 Å². The van der Waals surface area contributed by atoms with E-state index in [1.54, 1.807) is 0 Å². The van der Waals surface area contributed by atoms with Gasteiger partial charge in [-0.3, -0.25) is 0 Å². The van der Waals surface area contributed by atoms with E-state index < -0.39 is 0 Å². The smallest absolute Gasteiger partial charge is 0.403 e. The summed E-state index contributed by atoms with van der Waals surface area (Å²) in [5, 5.41) is 0. The lowest BCUT2D eigenvalue weighted by atomic mass is 9.73. The Morgan fingerprint density at radius 2 is 1.62 bits per heavy atom. The summed E-state index contributed by atoms with van der Waals surface area (Å²) < 4.78 is 12.1. The highest BCUT2D eigenvalue weighted by atomic mass is 16.7. The first-order valence-corrected chi connectivity index (χ1v) is 7.88. The summed E-state index contributed by atoms with van der Waals surface area (Å²) in [7, 11) is -0.150. The third-order valence-corrected chi connectivity index (χ3v) is 4.58. The van der Waals surface area contributed by atoms with Gasteiger partial charge in [-0.25, -0.2) is 0 Å². The van der Waals surface area contributed by atoms with Gasteiger partial charge in [0.15, 0.2) is 0 Å². The average molecular weight is 286 g/mol. The van der Waals surface area contributed by atoms with Crippen molar-refractivity contribution in [3.05, 3.63) is 48.0 Å². The van der Waals surface area contributed by atoms with Crippen molar-refractivity contribution < 1.29 is 9.31 Å². The normalized spacial score (nSPS) is 21.9. The van der Waals surface area contributed by atoms with Crippen molar-refractivity contribution in [2.24, 2.45) is 0 Å². The zero-order chi connectivity index (χ0) is 15.5. The molecule has 3 heteroatoms. The Balaban J connectivity index is 1.82. The Kier molecular flexibility index (Phi) is 4.95. The van der Waals surface area contributed by atoms with Crippen LogP contribution in [0.15, 0.2) is 42.5 Å². The molecule has 0 amide bonds. The van der Waals surface area contributed by atoms with Gasteiger partial charge in [-0.2, -0.15) is 0 Å². The predicted molar refractivity (Wildman–Crippen MR) is 89.4 cm³/mol. The van der Waals surface area contributed by atoms with Gasteiger partial charge in [0.05, 0.1) is 11.2 Å². The molecule has 1 unspecified atom stereocenters. The van der Waals surface area contributed by atoms with Gasteiger partial charge in [0.2, 0.25) is 0 Å². The van der Waals surface area contributed by atoms with E-state index >= 15 is 0 Å². The maximum absolute atomic E-state index is 6.07. The maximum Gasteiger partial charge on any atom is 0.464 e. The van der Waals surface area contributed by atoms with Gasteiger partial charge >= 0.3 is 7.12 Å². The number of hydrogen-bond acceptors (Lipinski definition) is 2. The number of allylic oxidation sites excluding steroid dienone is 2. The van der Waals surface area contributed by atoms with E-state index in [9.17, 15) is 0 Å². The second kappa shape index (κ2) is 6.37. The lowest BCUT2D eigenvalue weighted by Gasteiger charge is -2.32. The SMILES string of the molecule is CC(/C=C/CCc1ccccc1)B1OC(C)(C)C(C)(C)O1. The van der Waals surface area contributed by atoms with Crippen molar-refractivity contribution in [2.75, 3.05) is 0 Å². The summed E-state index contributed by atoms with van der Waals surface area (Å²) in [6, 6.07) is 10.6. The van der Waals surface area contributed by atoms with Crippen molar-refractivity contribution in [3.8, 4) is 0 Å². The Hall–Kier alpha value is -1.06. The summed E-state index contributed by atoms with van der Waals surface area (Å²) >= 11 is 0. The van der Waals surface area contributed by atoms with E-state index in [1.165, 1.54) is 5.56 Å². The van der Waals surface area contributed by atoms with Crippen LogP contribution in [-0.4, -0.2) is 18.3 Å². The third kappa shape index (κ3) is 3.99. The summed E-state index contributed by atoms with van der Waals surface area (Å²) in [4.78, 5) is 0. The number of hydrogen-bond donors (Lipinski definition) is 0. The van der Waals surface area contributed by atoms with Gasteiger partial charge < -0.3 is 9.31 Å². The van der Waals surface area contributed by atoms with E-state index in [4.69, 9.17) is 9.31 Å². The first-order valence-electron chi connectivity index (χ1n) is 7.88. The molecule has 0 aromatic heterocycles. The second-order valence-corrected chi connectivity index (χ2v) is 6.94. The molecule has 21 heavy (non-hydrogen) atoms. The van der Waals surface area contributed by atoms with Gasteiger partial charge in [-0.1, -0.05) is 49.4 Å². The highest BCUT2D eigenvalue weighted by Crippen LogP contribution is 2.40. The minimum atomic E-state index is -0.246. The minimum Gasteiger partial charge on any atom is -0.403 e. The topological polar surface area (TPSA) is 18.5 Å². The van der Waals surface area contributed by atoms with Crippen molar-refractivity contribution >= 4 is 7.12 Å². The number of rotatable bonds is 5. The Morgan fingerprint density at radius 3 is 2.19 bits per heavy atom. The van der Waals surface area contributed by atoms with Gasteiger partial charge in [0, 0.05) is 5.82 Å². The van der Waals surface area contributed by atoms with E-state index in [1.807, 2.05) is 0 Å². The molecule has 0 aliphatic carbocycles. The quantitative estimate of drug-likeness (QED) is 0.579. The molecule has 1 atom stereocenters. The summed E-state index contributed by atoms with van der Waals surface area (Å²) in [6.45, 7) is 10.5. The van der Waals surface area contributed by atoms with Crippen LogP contribution in [0.4, 0.5) is 0 Å². The third-order valence-electron chi connectivity index (χ3n) is 4.58. The van der Waals surface area contributed by atoms with E-state index in [-0.39, 0.29) is 24.1 Å². The first kappa shape index (κ1) is 16.3. The zero-order valence-corrected chi connectivity index (χ0v) is 13.9. The highest BCUT2D eigenvalue weighted by molar-refractivity contribution is 6.48. The number of aryl methyl sites for hydroxylation is 1. The Labute approximate surface area is 129 Å². The van der Waals surface area contributed by atoms with E-state index in [0.717, 1.165) is 12.8 Å². The Bertz CT molecular complexity index is 463. The molecule has 1 heterocycles. The van der Waals surface area contributed by atoms with Crippen LogP contribution in [0.2, 0.25) is 5.82 Å². The molecule has 0 N–H and O–H groups in total. The standard InChI is InChI=1S/C18H27BO2/c1-15(19-20-17(2,3)18(4,5)21-19)11-9-10-14-16-12-7-6-8-13-16/h6-9,11-13,15H,10,14H2,1-5H3/b11-9+. The molecule has 1 fully saturated rings. The fraction of sp³-hybridized carbons (Fsp3) is 0.556. The van der Waals surface area contributed by atoms with Crippen LogP contribution in [0.5, 0.6) is 0 Å². The van der Waals surface area contributed by atoms with Crippen LogP contribution >= 0.6 is 0 Å². The maximum atomic E-state index is 6.07. The number of benzene rings is 1. The fourth-order valence-corrected chi connectivity index (χ4v) is 2.40. The van der Waals surface area contributed by atoms with Crippen molar-refractivity contribution in [1.82, 2.24) is 0 Å². The molecule has 1 aliphatic heterocycles. The first-order chi connectivity index (χ1) is 9.82. The summed E-state index contributed by atoms with van der Waals surface area (Å²) in [6.07, 6.45) is 6.58. The summed E-state index contributed by atoms with van der Waals surface area (Å²) in [5.74, 6) is 0.266. The molecular weight excluding hydrogens is 259 g/mol. The molecule has 1 aromatic carbocycles. The molecule has 1 aromatic rings. The Morgan fingerprint density at radius 1 is 1.05 bits per heavy atom. The molecule has 1 saturated heterocycles. The lowest BCUT2D eigenvalue weighted by Crippen LogP contribution is -2.41. The van der Waals surface area contributed by atoms with Crippen LogP contribution in [0, 0.1) is 0 Å². The van der Waals surface area contributed by atoms with E-state index in [0.29, 0.717) is 0 Å².